The number of rotatable bonds is 46. The maximum Gasteiger partial charge on any atom is 0.306 e. The van der Waals surface area contributed by atoms with Gasteiger partial charge in [0.15, 0.2) is 6.10 Å². The van der Waals surface area contributed by atoms with Crippen molar-refractivity contribution in [3.05, 3.63) is 36.5 Å². The minimum Gasteiger partial charge on any atom is -0.462 e. The highest BCUT2D eigenvalue weighted by atomic mass is 16.6. The molecule has 0 fully saturated rings. The minimum atomic E-state index is -0.777. The molecule has 0 aromatic heterocycles. The second kappa shape index (κ2) is 48.3. The molecule has 0 rings (SSSR count). The van der Waals surface area contributed by atoms with Crippen LogP contribution in [0.5, 0.6) is 0 Å². The van der Waals surface area contributed by atoms with Crippen molar-refractivity contribution >= 4 is 17.9 Å². The van der Waals surface area contributed by atoms with Gasteiger partial charge < -0.3 is 14.2 Å². The zero-order chi connectivity index (χ0) is 43.0. The molecule has 0 saturated carbocycles. The first-order valence-corrected chi connectivity index (χ1v) is 25.5. The van der Waals surface area contributed by atoms with Crippen molar-refractivity contribution in [2.45, 2.75) is 271 Å². The molecule has 0 aromatic carbocycles. The van der Waals surface area contributed by atoms with Gasteiger partial charge in [0.25, 0.3) is 0 Å². The highest BCUT2D eigenvalue weighted by molar-refractivity contribution is 5.71. The normalized spacial score (nSPS) is 12.3. The molecule has 0 N–H and O–H groups in total. The predicted octanol–water partition coefficient (Wildman–Crippen LogP) is 16.5. The van der Waals surface area contributed by atoms with E-state index in [9.17, 15) is 14.4 Å². The van der Waals surface area contributed by atoms with Gasteiger partial charge in [0.05, 0.1) is 0 Å². The standard InChI is InChI=1S/C53H96O6/c1-4-7-10-13-16-19-22-25-28-31-34-37-40-43-46-52(55)58-49-50(48-57-51(54)45-42-39-36-33-30-27-24-21-18-15-12-9-6-3)59-53(56)47-44-41-38-35-32-29-26-23-20-17-14-11-8-5-2/h13,16,22-23,25-26,50H,4-12,14-15,17-21,24,27-49H2,1-3H3/b16-13+,25-22+,26-23+/t50-/m1/s1. The molecule has 0 bridgehead atoms. The van der Waals surface area contributed by atoms with E-state index in [0.717, 1.165) is 83.5 Å². The zero-order valence-corrected chi connectivity index (χ0v) is 39.3. The van der Waals surface area contributed by atoms with Crippen LogP contribution in [0.4, 0.5) is 0 Å². The van der Waals surface area contributed by atoms with E-state index in [2.05, 4.69) is 57.2 Å². The van der Waals surface area contributed by atoms with Gasteiger partial charge in [-0.2, -0.15) is 0 Å². The molecule has 0 aliphatic rings. The number of unbranched alkanes of at least 4 members (excludes halogenated alkanes) is 29. The Hall–Kier alpha value is -2.37. The Bertz CT molecular complexity index is 1000. The quantitative estimate of drug-likeness (QED) is 0.0263. The highest BCUT2D eigenvalue weighted by Gasteiger charge is 2.19. The van der Waals surface area contributed by atoms with Gasteiger partial charge in [-0.1, -0.05) is 211 Å². The molecule has 0 aromatic rings. The van der Waals surface area contributed by atoms with Crippen LogP contribution in [0.2, 0.25) is 0 Å². The third kappa shape index (κ3) is 46.5. The summed E-state index contributed by atoms with van der Waals surface area (Å²) in [7, 11) is 0. The first-order chi connectivity index (χ1) is 29.0. The molecule has 6 nitrogen and oxygen atoms in total. The van der Waals surface area contributed by atoms with E-state index in [0.29, 0.717) is 19.3 Å². The summed E-state index contributed by atoms with van der Waals surface area (Å²) < 4.78 is 16.8. The summed E-state index contributed by atoms with van der Waals surface area (Å²) >= 11 is 0. The van der Waals surface area contributed by atoms with Crippen molar-refractivity contribution in [1.82, 2.24) is 0 Å². The number of carbonyl (C=O) groups excluding carboxylic acids is 3. The van der Waals surface area contributed by atoms with Crippen LogP contribution in [0.15, 0.2) is 36.5 Å². The Balaban J connectivity index is 4.39. The summed E-state index contributed by atoms with van der Waals surface area (Å²) in [4.78, 5) is 37.9. The Labute approximate surface area is 365 Å². The van der Waals surface area contributed by atoms with E-state index in [1.807, 2.05) is 0 Å². The average Bonchev–Trinajstić information content (AvgIpc) is 3.23. The van der Waals surface area contributed by atoms with E-state index < -0.39 is 6.10 Å². The molecule has 0 heterocycles. The fourth-order valence-electron chi connectivity index (χ4n) is 7.22. The monoisotopic (exact) mass is 829 g/mol. The molecule has 0 spiro atoms. The first kappa shape index (κ1) is 56.6. The molecule has 0 saturated heterocycles. The summed E-state index contributed by atoms with van der Waals surface area (Å²) in [6, 6.07) is 0. The Kier molecular flexibility index (Phi) is 46.4. The number of allylic oxidation sites excluding steroid dienone is 6. The molecule has 0 aliphatic carbocycles. The van der Waals surface area contributed by atoms with Gasteiger partial charge >= 0.3 is 17.9 Å². The molecule has 0 radical (unpaired) electrons. The number of hydrogen-bond donors (Lipinski definition) is 0. The van der Waals surface area contributed by atoms with Gasteiger partial charge in [0.1, 0.15) is 13.2 Å². The predicted molar refractivity (Wildman–Crippen MR) is 252 cm³/mol. The molecule has 344 valence electrons. The maximum absolute atomic E-state index is 12.8. The van der Waals surface area contributed by atoms with Crippen LogP contribution < -0.4 is 0 Å². The summed E-state index contributed by atoms with van der Waals surface area (Å²) in [6.07, 6.45) is 55.5. The zero-order valence-electron chi connectivity index (χ0n) is 39.3. The highest BCUT2D eigenvalue weighted by Crippen LogP contribution is 2.15. The van der Waals surface area contributed by atoms with Gasteiger partial charge in [0.2, 0.25) is 0 Å². The largest absolute Gasteiger partial charge is 0.462 e. The Morgan fingerprint density at radius 1 is 0.339 bits per heavy atom. The fraction of sp³-hybridized carbons (Fsp3) is 0.830. The maximum atomic E-state index is 12.8. The molecule has 0 unspecified atom stereocenters. The lowest BCUT2D eigenvalue weighted by Crippen LogP contribution is -2.30. The van der Waals surface area contributed by atoms with Crippen molar-refractivity contribution < 1.29 is 28.6 Å². The van der Waals surface area contributed by atoms with E-state index >= 15 is 0 Å². The first-order valence-electron chi connectivity index (χ1n) is 25.5. The second-order valence-corrected chi connectivity index (χ2v) is 17.1. The van der Waals surface area contributed by atoms with E-state index in [1.54, 1.807) is 0 Å². The van der Waals surface area contributed by atoms with Crippen LogP contribution in [0.3, 0.4) is 0 Å². The molecule has 0 amide bonds. The molecule has 59 heavy (non-hydrogen) atoms. The van der Waals surface area contributed by atoms with Crippen molar-refractivity contribution in [1.29, 1.82) is 0 Å². The van der Waals surface area contributed by atoms with Gasteiger partial charge in [-0.3, -0.25) is 14.4 Å². The smallest absolute Gasteiger partial charge is 0.306 e. The summed E-state index contributed by atoms with van der Waals surface area (Å²) in [5.41, 5.74) is 0. The molecular formula is C53H96O6. The van der Waals surface area contributed by atoms with Crippen LogP contribution in [-0.4, -0.2) is 37.2 Å². The number of ether oxygens (including phenoxy) is 3. The summed E-state index contributed by atoms with van der Waals surface area (Å²) in [6.45, 7) is 6.58. The molecule has 6 heteroatoms. The molecule has 1 atom stereocenters. The number of esters is 3. The Morgan fingerprint density at radius 3 is 1.00 bits per heavy atom. The van der Waals surface area contributed by atoms with E-state index in [-0.39, 0.29) is 31.1 Å². The molecule has 0 aliphatic heterocycles. The number of hydrogen-bond acceptors (Lipinski definition) is 6. The van der Waals surface area contributed by atoms with Crippen LogP contribution in [0.1, 0.15) is 265 Å². The lowest BCUT2D eigenvalue weighted by molar-refractivity contribution is -0.167. The third-order valence-electron chi connectivity index (χ3n) is 11.1. The summed E-state index contributed by atoms with van der Waals surface area (Å²) in [5.74, 6) is -0.892. The average molecular weight is 829 g/mol. The van der Waals surface area contributed by atoms with Crippen LogP contribution in [0.25, 0.3) is 0 Å². The van der Waals surface area contributed by atoms with E-state index in [1.165, 1.54) is 141 Å². The van der Waals surface area contributed by atoms with Crippen molar-refractivity contribution in [3.63, 3.8) is 0 Å². The van der Waals surface area contributed by atoms with Crippen LogP contribution in [-0.2, 0) is 28.6 Å². The third-order valence-corrected chi connectivity index (χ3v) is 11.1. The van der Waals surface area contributed by atoms with Gasteiger partial charge in [0, 0.05) is 19.3 Å². The molecular weight excluding hydrogens is 733 g/mol. The van der Waals surface area contributed by atoms with E-state index in [4.69, 9.17) is 14.2 Å². The van der Waals surface area contributed by atoms with Crippen molar-refractivity contribution in [2.75, 3.05) is 13.2 Å². The summed E-state index contributed by atoms with van der Waals surface area (Å²) in [5, 5.41) is 0. The fourth-order valence-corrected chi connectivity index (χ4v) is 7.22. The van der Waals surface area contributed by atoms with Gasteiger partial charge in [-0.15, -0.1) is 0 Å². The van der Waals surface area contributed by atoms with Crippen LogP contribution >= 0.6 is 0 Å². The van der Waals surface area contributed by atoms with Gasteiger partial charge in [-0.05, 0) is 70.6 Å². The lowest BCUT2D eigenvalue weighted by Gasteiger charge is -2.18. The van der Waals surface area contributed by atoms with Crippen molar-refractivity contribution in [2.24, 2.45) is 0 Å². The second-order valence-electron chi connectivity index (χ2n) is 17.1. The minimum absolute atomic E-state index is 0.0772. The topological polar surface area (TPSA) is 78.9 Å². The number of carbonyl (C=O) groups is 3. The van der Waals surface area contributed by atoms with Crippen molar-refractivity contribution in [3.8, 4) is 0 Å². The SMILES string of the molecule is CCCC/C=C/C/C=C/CCCCCCCC(=O)OC[C@@H](COC(=O)CCCCCCCCCCCCCCC)OC(=O)CCCCCCC/C=C/CCCCCCC. The van der Waals surface area contributed by atoms with Gasteiger partial charge in [-0.25, -0.2) is 0 Å². The lowest BCUT2D eigenvalue weighted by atomic mass is 10.0. The van der Waals surface area contributed by atoms with Crippen LogP contribution in [0, 0.1) is 0 Å². The Morgan fingerprint density at radius 2 is 0.627 bits per heavy atom.